The summed E-state index contributed by atoms with van der Waals surface area (Å²) in [7, 11) is 0. The van der Waals surface area contributed by atoms with Crippen LogP contribution in [-0.2, 0) is 6.42 Å². The topological polar surface area (TPSA) is 72.3 Å². The van der Waals surface area contributed by atoms with Crippen molar-refractivity contribution in [2.24, 2.45) is 5.16 Å². The van der Waals surface area contributed by atoms with Gasteiger partial charge in [-0.3, -0.25) is 0 Å². The van der Waals surface area contributed by atoms with Gasteiger partial charge in [0.15, 0.2) is 5.76 Å². The van der Waals surface area contributed by atoms with E-state index in [0.29, 0.717) is 46.6 Å². The van der Waals surface area contributed by atoms with Crippen LogP contribution in [-0.4, -0.2) is 21.2 Å². The highest BCUT2D eigenvalue weighted by atomic mass is 19.1. The van der Waals surface area contributed by atoms with Crippen LogP contribution in [0.5, 0.6) is 5.75 Å². The fourth-order valence-electron chi connectivity index (χ4n) is 3.46. The lowest BCUT2D eigenvalue weighted by molar-refractivity contribution is 0.302. The quantitative estimate of drug-likeness (QED) is 0.331. The third-order valence-corrected chi connectivity index (χ3v) is 5.07. The highest BCUT2D eigenvalue weighted by Gasteiger charge is 2.10. The van der Waals surface area contributed by atoms with E-state index in [-0.39, 0.29) is 5.82 Å². The van der Waals surface area contributed by atoms with E-state index in [1.165, 1.54) is 12.1 Å². The number of ether oxygens (including phenoxy) is 1. The molecule has 0 aliphatic rings. The van der Waals surface area contributed by atoms with E-state index >= 15 is 0 Å². The molecule has 0 atom stereocenters. The van der Waals surface area contributed by atoms with Crippen LogP contribution in [0.25, 0.3) is 27.9 Å². The highest BCUT2D eigenvalue weighted by Crippen LogP contribution is 2.24. The Labute approximate surface area is 176 Å². The molecule has 2 aromatic carbocycles. The van der Waals surface area contributed by atoms with Crippen LogP contribution < -0.4 is 10.1 Å². The summed E-state index contributed by atoms with van der Waals surface area (Å²) in [5.74, 6) is 0.857. The predicted molar refractivity (Wildman–Crippen MR) is 113 cm³/mol. The first kappa shape index (κ1) is 18.9. The molecule has 0 fully saturated rings. The van der Waals surface area contributed by atoms with E-state index in [9.17, 15) is 9.60 Å². The summed E-state index contributed by atoms with van der Waals surface area (Å²) in [6.07, 6.45) is 4.26. The molecule has 0 radical (unpaired) electrons. The van der Waals surface area contributed by atoms with Crippen molar-refractivity contribution in [3.63, 3.8) is 0 Å². The van der Waals surface area contributed by atoms with E-state index in [0.717, 1.165) is 11.1 Å². The molecule has 5 aromatic rings. The number of aromatic nitrogens is 2. The zero-order chi connectivity index (χ0) is 21.2. The van der Waals surface area contributed by atoms with E-state index in [1.54, 1.807) is 42.7 Å². The van der Waals surface area contributed by atoms with Crippen molar-refractivity contribution in [3.05, 3.63) is 96.0 Å². The summed E-state index contributed by atoms with van der Waals surface area (Å²) in [4.78, 5) is 4.42. The average Bonchev–Trinajstić information content (AvgIpc) is 3.27. The molecule has 31 heavy (non-hydrogen) atoms. The minimum absolute atomic E-state index is 0.258. The van der Waals surface area contributed by atoms with Gasteiger partial charge < -0.3 is 18.8 Å². The van der Waals surface area contributed by atoms with Gasteiger partial charge >= 0.3 is 0 Å². The molecular weight excluding hydrogens is 397 g/mol. The third kappa shape index (κ3) is 3.85. The van der Waals surface area contributed by atoms with Crippen LogP contribution in [0.2, 0.25) is 0 Å². The SMILES string of the molecule is O/N=c1/cc(-c2cc3cccn3cn2)oc2ccc(OCCc3ccc(F)cc3)cc12. The molecule has 7 heteroatoms. The van der Waals surface area contributed by atoms with Gasteiger partial charge in [-0.25, -0.2) is 9.37 Å². The molecule has 0 bridgehead atoms. The predicted octanol–water partition coefficient (Wildman–Crippen LogP) is 4.80. The van der Waals surface area contributed by atoms with Crippen molar-refractivity contribution in [1.29, 1.82) is 0 Å². The van der Waals surface area contributed by atoms with Gasteiger partial charge in [0, 0.05) is 24.2 Å². The van der Waals surface area contributed by atoms with Gasteiger partial charge in [0.1, 0.15) is 28.2 Å². The lowest BCUT2D eigenvalue weighted by atomic mass is 10.1. The lowest BCUT2D eigenvalue weighted by Gasteiger charge is -2.09. The standard InChI is InChI=1S/C24H18FN3O3/c25-17-5-3-16(4-6-17)9-11-30-19-7-8-23-20(13-19)21(27-29)14-24(31-23)22-12-18-2-1-10-28(18)15-26-22/h1-8,10,12-15,29H,9,11H2/b27-21-. The van der Waals surface area contributed by atoms with Gasteiger partial charge in [-0.1, -0.05) is 17.3 Å². The zero-order valence-corrected chi connectivity index (χ0v) is 16.4. The summed E-state index contributed by atoms with van der Waals surface area (Å²) in [5.41, 5.74) is 3.15. The first-order valence-corrected chi connectivity index (χ1v) is 9.76. The summed E-state index contributed by atoms with van der Waals surface area (Å²) in [6.45, 7) is 0.430. The minimum Gasteiger partial charge on any atom is -0.493 e. The Hall–Kier alpha value is -4.13. The minimum atomic E-state index is -0.258. The van der Waals surface area contributed by atoms with Gasteiger partial charge in [-0.15, -0.1) is 0 Å². The van der Waals surface area contributed by atoms with Gasteiger partial charge in [-0.05, 0) is 54.1 Å². The number of halogens is 1. The van der Waals surface area contributed by atoms with Gasteiger partial charge in [0.05, 0.1) is 18.3 Å². The monoisotopic (exact) mass is 415 g/mol. The summed E-state index contributed by atoms with van der Waals surface area (Å²) < 4.78 is 26.8. The van der Waals surface area contributed by atoms with Crippen LogP contribution in [0, 0.1) is 5.82 Å². The van der Waals surface area contributed by atoms with Crippen LogP contribution >= 0.6 is 0 Å². The first-order chi connectivity index (χ1) is 15.2. The molecule has 0 aliphatic heterocycles. The molecule has 3 heterocycles. The van der Waals surface area contributed by atoms with Crippen LogP contribution in [0.4, 0.5) is 4.39 Å². The third-order valence-electron chi connectivity index (χ3n) is 5.07. The molecule has 0 aliphatic carbocycles. The Morgan fingerprint density at radius 2 is 1.94 bits per heavy atom. The Morgan fingerprint density at radius 1 is 1.06 bits per heavy atom. The summed E-state index contributed by atoms with van der Waals surface area (Å²) in [5, 5.41) is 14.0. The Balaban J connectivity index is 1.42. The Kier molecular flexibility index (Phi) is 4.84. The van der Waals surface area contributed by atoms with Crippen LogP contribution in [0.15, 0.2) is 88.8 Å². The summed E-state index contributed by atoms with van der Waals surface area (Å²) >= 11 is 0. The van der Waals surface area contributed by atoms with Crippen LogP contribution in [0.1, 0.15) is 5.56 Å². The smallest absolute Gasteiger partial charge is 0.155 e. The maximum absolute atomic E-state index is 13.0. The highest BCUT2D eigenvalue weighted by molar-refractivity contribution is 5.80. The molecule has 3 aromatic heterocycles. The van der Waals surface area contributed by atoms with Crippen molar-refractivity contribution < 1.29 is 18.8 Å². The molecule has 1 N–H and O–H groups in total. The van der Waals surface area contributed by atoms with Gasteiger partial charge in [0.25, 0.3) is 0 Å². The second-order valence-corrected chi connectivity index (χ2v) is 7.09. The normalized spacial score (nSPS) is 12.0. The van der Waals surface area contributed by atoms with Crippen molar-refractivity contribution in [2.45, 2.75) is 6.42 Å². The number of rotatable bonds is 5. The van der Waals surface area contributed by atoms with Crippen molar-refractivity contribution in [1.82, 2.24) is 9.38 Å². The van der Waals surface area contributed by atoms with Crippen molar-refractivity contribution in [3.8, 4) is 17.2 Å². The molecule has 0 unspecified atom stereocenters. The number of benzene rings is 2. The molecular formula is C24H18FN3O3. The van der Waals surface area contributed by atoms with Gasteiger partial charge in [-0.2, -0.15) is 0 Å². The number of fused-ring (bicyclic) bond motifs is 2. The van der Waals surface area contributed by atoms with E-state index < -0.39 is 0 Å². The van der Waals surface area contributed by atoms with E-state index in [4.69, 9.17) is 9.15 Å². The zero-order valence-electron chi connectivity index (χ0n) is 16.4. The van der Waals surface area contributed by atoms with Crippen molar-refractivity contribution >= 4 is 16.5 Å². The largest absolute Gasteiger partial charge is 0.493 e. The first-order valence-electron chi connectivity index (χ1n) is 9.76. The molecule has 6 nitrogen and oxygen atoms in total. The molecule has 154 valence electrons. The Bertz CT molecular complexity index is 1440. The molecule has 5 rings (SSSR count). The fourth-order valence-corrected chi connectivity index (χ4v) is 3.46. The lowest BCUT2D eigenvalue weighted by Crippen LogP contribution is -2.06. The number of nitrogens with zero attached hydrogens (tertiary/aromatic N) is 3. The molecule has 0 saturated carbocycles. The number of hydrogen-bond donors (Lipinski definition) is 1. The van der Waals surface area contributed by atoms with Gasteiger partial charge in [0.2, 0.25) is 0 Å². The maximum atomic E-state index is 13.0. The second-order valence-electron chi connectivity index (χ2n) is 7.09. The molecule has 0 saturated heterocycles. The average molecular weight is 415 g/mol. The fraction of sp³-hybridized carbons (Fsp3) is 0.0833. The Morgan fingerprint density at radius 3 is 2.77 bits per heavy atom. The number of hydrogen-bond acceptors (Lipinski definition) is 5. The van der Waals surface area contributed by atoms with E-state index in [2.05, 4.69) is 10.1 Å². The van der Waals surface area contributed by atoms with Crippen molar-refractivity contribution in [2.75, 3.05) is 6.61 Å². The molecule has 0 spiro atoms. The summed E-state index contributed by atoms with van der Waals surface area (Å²) in [6, 6.07) is 19.1. The van der Waals surface area contributed by atoms with Crippen LogP contribution in [0.3, 0.4) is 0 Å². The molecule has 0 amide bonds. The second kappa shape index (κ2) is 7.95. The van der Waals surface area contributed by atoms with E-state index in [1.807, 2.05) is 28.8 Å². The maximum Gasteiger partial charge on any atom is 0.155 e.